The van der Waals surface area contributed by atoms with Crippen molar-refractivity contribution in [1.29, 1.82) is 0 Å². The summed E-state index contributed by atoms with van der Waals surface area (Å²) in [6.45, 7) is 0. The minimum absolute atomic E-state index is 0.103. The van der Waals surface area contributed by atoms with Crippen LogP contribution < -0.4 is 15.8 Å². The summed E-state index contributed by atoms with van der Waals surface area (Å²) in [6.07, 6.45) is 0.723. The third-order valence-corrected chi connectivity index (χ3v) is 5.85. The van der Waals surface area contributed by atoms with Crippen LogP contribution in [0.2, 0.25) is 5.02 Å². The monoisotopic (exact) mass is 436 g/mol. The Hall–Kier alpha value is -2.13. The molecule has 9 heteroatoms. The molecule has 28 heavy (non-hydrogen) atoms. The number of carbonyl (C=O) groups excluding carboxylic acids is 1. The molecule has 1 fully saturated rings. The number of aliphatic carboxylic acids is 1. The van der Waals surface area contributed by atoms with Crippen molar-refractivity contribution in [3.63, 3.8) is 0 Å². The van der Waals surface area contributed by atoms with Crippen molar-refractivity contribution in [2.24, 2.45) is 5.73 Å². The lowest BCUT2D eigenvalue weighted by Crippen LogP contribution is -2.32. The smallest absolute Gasteiger partial charge is 0.320 e. The molecule has 4 N–H and O–H groups in total. The fourth-order valence-electron chi connectivity index (χ4n) is 2.66. The van der Waals surface area contributed by atoms with Crippen LogP contribution in [0.25, 0.3) is 0 Å². The second kappa shape index (κ2) is 8.91. The van der Waals surface area contributed by atoms with Gasteiger partial charge in [-0.25, -0.2) is 0 Å². The Morgan fingerprint density at radius 2 is 1.96 bits per heavy atom. The lowest BCUT2D eigenvalue weighted by atomic mass is 10.1. The number of amides is 1. The van der Waals surface area contributed by atoms with E-state index in [0.717, 1.165) is 11.1 Å². The number of carbonyl (C=O) groups is 2. The molecule has 2 atom stereocenters. The van der Waals surface area contributed by atoms with Crippen molar-refractivity contribution in [2.75, 3.05) is 0 Å². The van der Waals surface area contributed by atoms with Crippen LogP contribution in [0.1, 0.15) is 11.1 Å². The molecular formula is C19H17ClN2O4S2. The molecule has 0 aromatic heterocycles. The molecule has 0 spiro atoms. The molecule has 1 amide bonds. The average Bonchev–Trinajstić information content (AvgIpc) is 2.96. The minimum atomic E-state index is -1.04. The number of carboxylic acids is 1. The molecule has 1 aliphatic rings. The van der Waals surface area contributed by atoms with Gasteiger partial charge in [0.15, 0.2) is 0 Å². The minimum Gasteiger partial charge on any atom is -0.480 e. The predicted octanol–water partition coefficient (Wildman–Crippen LogP) is 3.15. The van der Waals surface area contributed by atoms with E-state index in [4.69, 9.17) is 39.4 Å². The summed E-state index contributed by atoms with van der Waals surface area (Å²) in [5, 5.41) is 11.7. The molecular weight excluding hydrogens is 420 g/mol. The molecule has 0 aliphatic carbocycles. The molecule has 146 valence electrons. The van der Waals surface area contributed by atoms with Gasteiger partial charge in [0.25, 0.3) is 0 Å². The summed E-state index contributed by atoms with van der Waals surface area (Å²) in [5.74, 6) is 0.00906. The van der Waals surface area contributed by atoms with Crippen molar-refractivity contribution in [1.82, 2.24) is 5.32 Å². The van der Waals surface area contributed by atoms with Gasteiger partial charge in [-0.05, 0) is 48.2 Å². The maximum atomic E-state index is 11.8. The van der Waals surface area contributed by atoms with E-state index in [1.54, 1.807) is 36.4 Å². The number of nitrogens with one attached hydrogen (secondary N) is 1. The van der Waals surface area contributed by atoms with Crippen LogP contribution in [0.3, 0.4) is 0 Å². The number of ether oxygens (including phenoxy) is 1. The van der Waals surface area contributed by atoms with Crippen molar-refractivity contribution >= 4 is 51.8 Å². The van der Waals surface area contributed by atoms with E-state index in [9.17, 15) is 9.59 Å². The molecule has 2 aromatic rings. The average molecular weight is 437 g/mol. The molecule has 0 radical (unpaired) electrons. The maximum Gasteiger partial charge on any atom is 0.320 e. The van der Waals surface area contributed by atoms with Gasteiger partial charge in [0.1, 0.15) is 21.9 Å². The zero-order valence-electron chi connectivity index (χ0n) is 14.6. The largest absolute Gasteiger partial charge is 0.480 e. The first-order chi connectivity index (χ1) is 13.3. The third-order valence-electron chi connectivity index (χ3n) is 4.13. The fraction of sp³-hybridized carbons (Fsp3) is 0.211. The predicted molar refractivity (Wildman–Crippen MR) is 113 cm³/mol. The van der Waals surface area contributed by atoms with Gasteiger partial charge >= 0.3 is 5.97 Å². The van der Waals surface area contributed by atoms with Crippen LogP contribution in [0.5, 0.6) is 11.5 Å². The van der Waals surface area contributed by atoms with E-state index in [1.807, 2.05) is 6.07 Å². The van der Waals surface area contributed by atoms with E-state index < -0.39 is 12.0 Å². The van der Waals surface area contributed by atoms with E-state index in [0.29, 0.717) is 27.3 Å². The topological polar surface area (TPSA) is 102 Å². The van der Waals surface area contributed by atoms with Gasteiger partial charge in [-0.15, -0.1) is 0 Å². The Balaban J connectivity index is 1.63. The number of halogens is 1. The second-order valence-electron chi connectivity index (χ2n) is 6.24. The molecule has 0 bridgehead atoms. The van der Waals surface area contributed by atoms with E-state index >= 15 is 0 Å². The highest BCUT2D eigenvalue weighted by atomic mass is 35.5. The van der Waals surface area contributed by atoms with Gasteiger partial charge in [0, 0.05) is 5.02 Å². The van der Waals surface area contributed by atoms with Crippen LogP contribution >= 0.6 is 35.6 Å². The number of hydrogen-bond acceptors (Lipinski definition) is 6. The fourth-order valence-corrected chi connectivity index (χ4v) is 4.20. The first kappa shape index (κ1) is 20.6. The number of benzene rings is 2. The highest BCUT2D eigenvalue weighted by molar-refractivity contribution is 8.24. The molecule has 1 aliphatic heterocycles. The number of thiocarbonyl (C=S) groups is 1. The highest BCUT2D eigenvalue weighted by Crippen LogP contribution is 2.30. The Morgan fingerprint density at radius 1 is 1.29 bits per heavy atom. The normalized spacial score (nSPS) is 17.3. The third kappa shape index (κ3) is 5.23. The zero-order valence-corrected chi connectivity index (χ0v) is 16.9. The van der Waals surface area contributed by atoms with Crippen molar-refractivity contribution in [2.45, 2.75) is 24.1 Å². The summed E-state index contributed by atoms with van der Waals surface area (Å²) >= 11 is 12.7. The number of hydrogen-bond donors (Lipinski definition) is 3. The first-order valence-corrected chi connectivity index (χ1v) is 10.0. The van der Waals surface area contributed by atoms with Crippen LogP contribution in [0.4, 0.5) is 0 Å². The molecule has 6 nitrogen and oxygen atoms in total. The molecule has 1 saturated heterocycles. The molecule has 2 aromatic carbocycles. The van der Waals surface area contributed by atoms with Crippen molar-refractivity contribution < 1.29 is 19.4 Å². The van der Waals surface area contributed by atoms with E-state index in [-0.39, 0.29) is 17.6 Å². The van der Waals surface area contributed by atoms with Crippen molar-refractivity contribution in [3.05, 3.63) is 58.6 Å². The number of carboxylic acid groups (broad SMARTS) is 1. The van der Waals surface area contributed by atoms with Crippen molar-refractivity contribution in [3.8, 4) is 11.5 Å². The van der Waals surface area contributed by atoms with Gasteiger partial charge in [-0.2, -0.15) is 0 Å². The van der Waals surface area contributed by atoms with Gasteiger partial charge in [0.05, 0.1) is 5.25 Å². The van der Waals surface area contributed by atoms with Crippen LogP contribution in [0.15, 0.2) is 42.5 Å². The van der Waals surface area contributed by atoms with Crippen LogP contribution in [-0.4, -0.2) is 32.6 Å². The summed E-state index contributed by atoms with van der Waals surface area (Å²) < 4.78 is 6.28. The Labute approximate surface area is 176 Å². The highest BCUT2D eigenvalue weighted by Gasteiger charge is 2.29. The first-order valence-electron chi connectivity index (χ1n) is 8.37. The number of nitrogens with two attached hydrogens (primary N) is 1. The van der Waals surface area contributed by atoms with E-state index in [1.165, 1.54) is 11.8 Å². The summed E-state index contributed by atoms with van der Waals surface area (Å²) in [6, 6.07) is 11.4. The quantitative estimate of drug-likeness (QED) is 0.573. The number of rotatable bonds is 7. The molecule has 1 unspecified atom stereocenters. The molecule has 3 rings (SSSR count). The van der Waals surface area contributed by atoms with Gasteiger partial charge in [0.2, 0.25) is 5.91 Å². The van der Waals surface area contributed by atoms with Gasteiger partial charge < -0.3 is 20.9 Å². The second-order valence-corrected chi connectivity index (χ2v) is 8.52. The van der Waals surface area contributed by atoms with E-state index in [2.05, 4.69) is 5.32 Å². The Kier molecular flexibility index (Phi) is 6.56. The van der Waals surface area contributed by atoms with Gasteiger partial charge in [-0.1, -0.05) is 53.8 Å². The van der Waals surface area contributed by atoms with Crippen LogP contribution in [0, 0.1) is 0 Å². The standard InChI is InChI=1S/C19H17ClN2O4S2/c20-14-9-13(6-3-11(14)8-16-17(23)22-19(27)28-16)26-12-4-1-10(2-5-12)7-15(21)18(24)25/h1-6,9,15-16H,7-8,21H2,(H,24,25)(H,22,23,27)/t15-,16?/m0/s1. The lowest BCUT2D eigenvalue weighted by molar-refractivity contribution is -0.138. The summed E-state index contributed by atoms with van der Waals surface area (Å²) in [7, 11) is 0. The summed E-state index contributed by atoms with van der Waals surface area (Å²) in [4.78, 5) is 22.6. The zero-order chi connectivity index (χ0) is 20.3. The Morgan fingerprint density at radius 3 is 2.54 bits per heavy atom. The molecule has 0 saturated carbocycles. The van der Waals surface area contributed by atoms with Gasteiger partial charge in [-0.3, -0.25) is 9.59 Å². The summed E-state index contributed by atoms with van der Waals surface area (Å²) in [5.41, 5.74) is 7.18. The molecule has 1 heterocycles. The maximum absolute atomic E-state index is 11.8. The number of thioether (sulfide) groups is 1. The SMILES string of the molecule is N[C@@H](Cc1ccc(Oc2ccc(CC3SC(=S)NC3=O)c(Cl)c2)cc1)C(=O)O. The lowest BCUT2D eigenvalue weighted by Gasteiger charge is -2.11. The Bertz CT molecular complexity index is 921. The van der Waals surface area contributed by atoms with Crippen LogP contribution in [-0.2, 0) is 22.4 Å².